The van der Waals surface area contributed by atoms with Crippen LogP contribution in [-0.2, 0) is 4.74 Å². The fourth-order valence-electron chi connectivity index (χ4n) is 1.01. The van der Waals surface area contributed by atoms with E-state index in [0.29, 0.717) is 0 Å². The molecule has 0 aromatic heterocycles. The van der Waals surface area contributed by atoms with Crippen molar-refractivity contribution in [3.8, 4) is 0 Å². The molecule has 0 spiro atoms. The molecule has 1 heterocycles. The Balaban J connectivity index is 2.12. The van der Waals surface area contributed by atoms with E-state index >= 15 is 0 Å². The predicted octanol–water partition coefficient (Wildman–Crippen LogP) is 1.14. The van der Waals surface area contributed by atoms with Crippen molar-refractivity contribution in [3.63, 3.8) is 0 Å². The molecule has 2 nitrogen and oxygen atoms in total. The summed E-state index contributed by atoms with van der Waals surface area (Å²) in [7, 11) is 0. The first-order valence-electron chi connectivity index (χ1n) is 3.33. The Kier molecular flexibility index (Phi) is 1.04. The molecule has 0 aromatic carbocycles. The van der Waals surface area contributed by atoms with Crippen LogP contribution < -0.4 is 0 Å². The molecule has 0 bridgehead atoms. The zero-order valence-electron chi connectivity index (χ0n) is 5.26. The summed E-state index contributed by atoms with van der Waals surface area (Å²) in [5.41, 5.74) is 1.31. The van der Waals surface area contributed by atoms with Crippen molar-refractivity contribution >= 4 is 5.90 Å². The molecule has 0 unspecified atom stereocenters. The summed E-state index contributed by atoms with van der Waals surface area (Å²) in [6.07, 6.45) is 4.56. The van der Waals surface area contributed by atoms with E-state index < -0.39 is 0 Å². The van der Waals surface area contributed by atoms with Gasteiger partial charge < -0.3 is 4.74 Å². The average Bonchev–Trinajstić information content (AvgIpc) is 2.11. The van der Waals surface area contributed by atoms with Crippen LogP contribution in [0.4, 0.5) is 0 Å². The van der Waals surface area contributed by atoms with Crippen molar-refractivity contribution in [2.24, 2.45) is 4.99 Å². The summed E-state index contributed by atoms with van der Waals surface area (Å²) < 4.78 is 5.24. The van der Waals surface area contributed by atoms with Crippen LogP contribution in [0, 0.1) is 0 Å². The quantitative estimate of drug-likeness (QED) is 0.512. The monoisotopic (exact) mass is 123 g/mol. The van der Waals surface area contributed by atoms with Crippen LogP contribution in [-0.4, -0.2) is 19.0 Å². The van der Waals surface area contributed by atoms with Crippen LogP contribution in [0.1, 0.15) is 12.8 Å². The number of ether oxygens (including phenoxy) is 1. The topological polar surface area (TPSA) is 21.6 Å². The van der Waals surface area contributed by atoms with Crippen LogP contribution in [0.5, 0.6) is 0 Å². The minimum atomic E-state index is 0.784. The first-order valence-corrected chi connectivity index (χ1v) is 3.33. The Morgan fingerprint density at radius 1 is 1.56 bits per heavy atom. The van der Waals surface area contributed by atoms with Gasteiger partial charge in [-0.05, 0) is 12.8 Å². The molecule has 0 fully saturated rings. The van der Waals surface area contributed by atoms with Gasteiger partial charge in [0, 0.05) is 5.57 Å². The summed E-state index contributed by atoms with van der Waals surface area (Å²) in [5, 5.41) is 0. The van der Waals surface area contributed by atoms with Gasteiger partial charge in [0.05, 0.1) is 6.54 Å². The van der Waals surface area contributed by atoms with Crippen LogP contribution in [0.2, 0.25) is 0 Å². The van der Waals surface area contributed by atoms with Crippen molar-refractivity contribution in [3.05, 3.63) is 11.6 Å². The van der Waals surface area contributed by atoms with Crippen LogP contribution in [0.25, 0.3) is 0 Å². The Hall–Kier alpha value is -0.790. The van der Waals surface area contributed by atoms with Gasteiger partial charge in [0.1, 0.15) is 6.61 Å². The SMILES string of the molecule is C1=C(C2=NCCO2)CC1. The number of aliphatic imine (C=N–C) groups is 1. The number of rotatable bonds is 1. The molecule has 0 atom stereocenters. The molecule has 0 aromatic rings. The minimum Gasteiger partial charge on any atom is -0.476 e. The third kappa shape index (κ3) is 0.745. The van der Waals surface area contributed by atoms with Crippen molar-refractivity contribution < 1.29 is 4.74 Å². The van der Waals surface area contributed by atoms with Gasteiger partial charge in [-0.2, -0.15) is 0 Å². The lowest BCUT2D eigenvalue weighted by Gasteiger charge is -2.12. The highest BCUT2D eigenvalue weighted by molar-refractivity contribution is 5.95. The highest BCUT2D eigenvalue weighted by Gasteiger charge is 2.16. The fourth-order valence-corrected chi connectivity index (χ4v) is 1.01. The molecule has 9 heavy (non-hydrogen) atoms. The van der Waals surface area contributed by atoms with Gasteiger partial charge in [-0.1, -0.05) is 6.08 Å². The Morgan fingerprint density at radius 3 is 2.89 bits per heavy atom. The van der Waals surface area contributed by atoms with Gasteiger partial charge in [0.25, 0.3) is 0 Å². The normalized spacial score (nSPS) is 24.0. The number of nitrogens with zero attached hydrogens (tertiary/aromatic N) is 1. The van der Waals surface area contributed by atoms with Gasteiger partial charge in [-0.15, -0.1) is 0 Å². The predicted molar refractivity (Wildman–Crippen MR) is 35.6 cm³/mol. The lowest BCUT2D eigenvalue weighted by molar-refractivity contribution is 0.345. The maximum Gasteiger partial charge on any atom is 0.211 e. The number of hydrogen-bond donors (Lipinski definition) is 0. The minimum absolute atomic E-state index is 0.784. The standard InChI is InChI=1S/C7H9NO/c1-2-6(3-1)7-8-4-5-9-7/h2H,1,3-5H2. The largest absolute Gasteiger partial charge is 0.476 e. The van der Waals surface area contributed by atoms with E-state index in [1.165, 1.54) is 18.4 Å². The maximum atomic E-state index is 5.24. The molecule has 2 rings (SSSR count). The first kappa shape index (κ1) is 5.03. The Labute approximate surface area is 54.2 Å². The highest BCUT2D eigenvalue weighted by Crippen LogP contribution is 2.21. The molecule has 2 heteroatoms. The highest BCUT2D eigenvalue weighted by atomic mass is 16.5. The zero-order valence-corrected chi connectivity index (χ0v) is 5.26. The van der Waals surface area contributed by atoms with E-state index in [1.54, 1.807) is 0 Å². The first-order chi connectivity index (χ1) is 4.47. The molecule has 1 aliphatic carbocycles. The van der Waals surface area contributed by atoms with E-state index in [1.807, 2.05) is 0 Å². The second-order valence-corrected chi connectivity index (χ2v) is 2.30. The van der Waals surface area contributed by atoms with Crippen LogP contribution in [0.3, 0.4) is 0 Å². The van der Waals surface area contributed by atoms with Crippen molar-refractivity contribution in [2.75, 3.05) is 13.2 Å². The van der Waals surface area contributed by atoms with Gasteiger partial charge >= 0.3 is 0 Å². The molecule has 0 saturated heterocycles. The second kappa shape index (κ2) is 1.87. The van der Waals surface area contributed by atoms with E-state index in [0.717, 1.165) is 19.0 Å². The molecule has 0 amide bonds. The third-order valence-electron chi connectivity index (χ3n) is 1.66. The van der Waals surface area contributed by atoms with Crippen LogP contribution >= 0.6 is 0 Å². The molecule has 0 radical (unpaired) electrons. The molecule has 2 aliphatic rings. The second-order valence-electron chi connectivity index (χ2n) is 2.30. The molecular formula is C7H9NO. The lowest BCUT2D eigenvalue weighted by atomic mass is 9.99. The van der Waals surface area contributed by atoms with Gasteiger partial charge in [-0.25, -0.2) is 4.99 Å². The average molecular weight is 123 g/mol. The zero-order chi connectivity index (χ0) is 6.10. The summed E-state index contributed by atoms with van der Waals surface area (Å²) in [6, 6.07) is 0. The van der Waals surface area contributed by atoms with Gasteiger partial charge in [0.15, 0.2) is 0 Å². The molecule has 48 valence electrons. The Morgan fingerprint density at radius 2 is 2.44 bits per heavy atom. The molecule has 0 N–H and O–H groups in total. The summed E-state index contributed by atoms with van der Waals surface area (Å²) in [5.74, 6) is 0.904. The summed E-state index contributed by atoms with van der Waals surface area (Å²) in [4.78, 5) is 4.18. The van der Waals surface area contributed by atoms with E-state index in [2.05, 4.69) is 11.1 Å². The van der Waals surface area contributed by atoms with Gasteiger partial charge in [-0.3, -0.25) is 0 Å². The molecular weight excluding hydrogens is 114 g/mol. The smallest absolute Gasteiger partial charge is 0.211 e. The number of hydrogen-bond acceptors (Lipinski definition) is 2. The van der Waals surface area contributed by atoms with Crippen LogP contribution in [0.15, 0.2) is 16.6 Å². The molecule has 0 saturated carbocycles. The Bertz CT molecular complexity index is 181. The lowest BCUT2D eigenvalue weighted by Crippen LogP contribution is -2.08. The van der Waals surface area contributed by atoms with E-state index in [9.17, 15) is 0 Å². The van der Waals surface area contributed by atoms with E-state index in [4.69, 9.17) is 4.74 Å². The van der Waals surface area contributed by atoms with Crippen molar-refractivity contribution in [2.45, 2.75) is 12.8 Å². The van der Waals surface area contributed by atoms with Gasteiger partial charge in [0.2, 0.25) is 5.90 Å². The fraction of sp³-hybridized carbons (Fsp3) is 0.571. The maximum absolute atomic E-state index is 5.24. The molecule has 1 aliphatic heterocycles. The van der Waals surface area contributed by atoms with E-state index in [-0.39, 0.29) is 0 Å². The van der Waals surface area contributed by atoms with Crippen molar-refractivity contribution in [1.29, 1.82) is 0 Å². The third-order valence-corrected chi connectivity index (χ3v) is 1.66. The number of allylic oxidation sites excluding steroid dienone is 1. The summed E-state index contributed by atoms with van der Waals surface area (Å²) >= 11 is 0. The van der Waals surface area contributed by atoms with Crippen molar-refractivity contribution in [1.82, 2.24) is 0 Å². The summed E-state index contributed by atoms with van der Waals surface area (Å²) in [6.45, 7) is 1.64.